The zero-order valence-corrected chi connectivity index (χ0v) is 15.7. The van der Waals surface area contributed by atoms with Gasteiger partial charge in [-0.05, 0) is 36.2 Å². The van der Waals surface area contributed by atoms with E-state index in [1.165, 1.54) is 24.2 Å². The number of Topliss-reactive ketones (excluding diaryl/α,β-unsaturated/α-hetero) is 1. The van der Waals surface area contributed by atoms with Gasteiger partial charge >= 0.3 is 0 Å². The lowest BCUT2D eigenvalue weighted by Gasteiger charge is -2.06. The smallest absolute Gasteiger partial charge is 0.195 e. The predicted octanol–water partition coefficient (Wildman–Crippen LogP) is 5.20. The maximum atomic E-state index is 12.5. The molecule has 0 radical (unpaired) electrons. The Morgan fingerprint density at radius 3 is 2.73 bits per heavy atom. The SMILES string of the molecule is CCCCCOc1ccc(CC(=O)c2nc(-c3cccnc3)cs2)cc1. The summed E-state index contributed by atoms with van der Waals surface area (Å²) in [6.45, 7) is 2.91. The number of rotatable bonds is 9. The van der Waals surface area contributed by atoms with E-state index in [2.05, 4.69) is 16.9 Å². The summed E-state index contributed by atoms with van der Waals surface area (Å²) in [5.41, 5.74) is 2.68. The Morgan fingerprint density at radius 2 is 2.00 bits per heavy atom. The third-order valence-electron chi connectivity index (χ3n) is 4.00. The molecule has 0 fully saturated rings. The number of aromatic nitrogens is 2. The van der Waals surface area contributed by atoms with Crippen LogP contribution < -0.4 is 4.74 Å². The van der Waals surface area contributed by atoms with E-state index >= 15 is 0 Å². The van der Waals surface area contributed by atoms with E-state index in [4.69, 9.17) is 4.74 Å². The van der Waals surface area contributed by atoms with Crippen molar-refractivity contribution in [2.75, 3.05) is 6.61 Å². The monoisotopic (exact) mass is 366 g/mol. The van der Waals surface area contributed by atoms with Crippen LogP contribution >= 0.6 is 11.3 Å². The molecule has 134 valence electrons. The van der Waals surface area contributed by atoms with Crippen molar-refractivity contribution in [1.82, 2.24) is 9.97 Å². The number of hydrogen-bond acceptors (Lipinski definition) is 5. The minimum Gasteiger partial charge on any atom is -0.494 e. The molecule has 0 saturated carbocycles. The van der Waals surface area contributed by atoms with Gasteiger partial charge in [0.15, 0.2) is 10.8 Å². The Bertz CT molecular complexity index is 829. The molecule has 0 saturated heterocycles. The van der Waals surface area contributed by atoms with Gasteiger partial charge in [0.1, 0.15) is 5.75 Å². The van der Waals surface area contributed by atoms with Gasteiger partial charge in [0.25, 0.3) is 0 Å². The summed E-state index contributed by atoms with van der Waals surface area (Å²) < 4.78 is 5.70. The molecule has 26 heavy (non-hydrogen) atoms. The van der Waals surface area contributed by atoms with Gasteiger partial charge in [-0.3, -0.25) is 9.78 Å². The van der Waals surface area contributed by atoms with Crippen LogP contribution in [-0.4, -0.2) is 22.4 Å². The van der Waals surface area contributed by atoms with E-state index in [1.807, 2.05) is 41.8 Å². The Morgan fingerprint density at radius 1 is 1.15 bits per heavy atom. The zero-order chi connectivity index (χ0) is 18.2. The van der Waals surface area contributed by atoms with Crippen LogP contribution in [0.2, 0.25) is 0 Å². The number of pyridine rings is 1. The quantitative estimate of drug-likeness (QED) is 0.386. The Hall–Kier alpha value is -2.53. The molecule has 0 aliphatic heterocycles. The topological polar surface area (TPSA) is 52.1 Å². The fourth-order valence-corrected chi connectivity index (χ4v) is 3.32. The highest BCUT2D eigenvalue weighted by molar-refractivity contribution is 7.12. The first kappa shape index (κ1) is 18.3. The first-order chi connectivity index (χ1) is 12.8. The molecule has 2 aromatic heterocycles. The van der Waals surface area contributed by atoms with Crippen LogP contribution in [-0.2, 0) is 6.42 Å². The molecule has 3 rings (SSSR count). The van der Waals surface area contributed by atoms with Crippen molar-refractivity contribution in [3.63, 3.8) is 0 Å². The standard InChI is InChI=1S/C21H22N2O2S/c1-2-3-4-12-25-18-9-7-16(8-10-18)13-20(24)21-23-19(15-26-21)17-6-5-11-22-14-17/h5-11,14-15H,2-4,12-13H2,1H3. The van der Waals surface area contributed by atoms with Gasteiger partial charge in [-0.1, -0.05) is 31.9 Å². The van der Waals surface area contributed by atoms with Gasteiger partial charge in [-0.2, -0.15) is 0 Å². The normalized spacial score (nSPS) is 10.7. The Balaban J connectivity index is 1.57. The molecular weight excluding hydrogens is 344 g/mol. The molecular formula is C21H22N2O2S. The number of carbonyl (C=O) groups excluding carboxylic acids is 1. The molecule has 4 nitrogen and oxygen atoms in total. The number of unbranched alkanes of at least 4 members (excludes halogenated alkanes) is 2. The highest BCUT2D eigenvalue weighted by atomic mass is 32.1. The molecule has 2 heterocycles. The Kier molecular flexibility index (Phi) is 6.50. The van der Waals surface area contributed by atoms with E-state index in [-0.39, 0.29) is 5.78 Å². The molecule has 0 N–H and O–H groups in total. The van der Waals surface area contributed by atoms with E-state index in [0.29, 0.717) is 11.4 Å². The minimum atomic E-state index is 0.0294. The van der Waals surface area contributed by atoms with Crippen molar-refractivity contribution >= 4 is 17.1 Å². The van der Waals surface area contributed by atoms with Crippen molar-refractivity contribution in [1.29, 1.82) is 0 Å². The second-order valence-corrected chi connectivity index (χ2v) is 6.94. The predicted molar refractivity (Wildman–Crippen MR) is 105 cm³/mol. The van der Waals surface area contributed by atoms with Gasteiger partial charge in [-0.15, -0.1) is 11.3 Å². The van der Waals surface area contributed by atoms with Crippen molar-refractivity contribution in [3.8, 4) is 17.0 Å². The summed E-state index contributed by atoms with van der Waals surface area (Å²) in [7, 11) is 0. The number of hydrogen-bond donors (Lipinski definition) is 0. The molecule has 0 amide bonds. The van der Waals surface area contributed by atoms with Gasteiger partial charge in [0.2, 0.25) is 0 Å². The lowest BCUT2D eigenvalue weighted by atomic mass is 10.1. The van der Waals surface area contributed by atoms with Crippen molar-refractivity contribution < 1.29 is 9.53 Å². The van der Waals surface area contributed by atoms with Gasteiger partial charge in [-0.25, -0.2) is 4.98 Å². The highest BCUT2D eigenvalue weighted by Crippen LogP contribution is 2.22. The molecule has 5 heteroatoms. The lowest BCUT2D eigenvalue weighted by molar-refractivity contribution is 0.0992. The molecule has 3 aromatic rings. The summed E-state index contributed by atoms with van der Waals surface area (Å²) in [6.07, 6.45) is 7.25. The third-order valence-corrected chi connectivity index (χ3v) is 4.89. The summed E-state index contributed by atoms with van der Waals surface area (Å²) in [5, 5.41) is 2.43. The number of thiazole rings is 1. The lowest BCUT2D eigenvalue weighted by Crippen LogP contribution is -2.03. The van der Waals surface area contributed by atoms with Gasteiger partial charge in [0, 0.05) is 29.8 Å². The molecule has 0 spiro atoms. The molecule has 1 aromatic carbocycles. The van der Waals surface area contributed by atoms with Crippen LogP contribution in [0.25, 0.3) is 11.3 Å². The van der Waals surface area contributed by atoms with Crippen molar-refractivity contribution in [3.05, 3.63) is 64.7 Å². The maximum Gasteiger partial charge on any atom is 0.195 e. The largest absolute Gasteiger partial charge is 0.494 e. The molecule has 0 atom stereocenters. The van der Waals surface area contributed by atoms with Crippen molar-refractivity contribution in [2.24, 2.45) is 0 Å². The molecule has 0 bridgehead atoms. The first-order valence-electron chi connectivity index (χ1n) is 8.87. The van der Waals surface area contributed by atoms with E-state index in [1.54, 1.807) is 12.4 Å². The third kappa shape index (κ3) is 4.99. The van der Waals surface area contributed by atoms with Crippen LogP contribution in [0.15, 0.2) is 54.2 Å². The summed E-state index contributed by atoms with van der Waals surface area (Å²) in [5.74, 6) is 0.882. The Labute approximate surface area is 157 Å². The first-order valence-corrected chi connectivity index (χ1v) is 9.75. The van der Waals surface area contributed by atoms with Crippen LogP contribution in [0.5, 0.6) is 5.75 Å². The van der Waals surface area contributed by atoms with E-state index in [9.17, 15) is 4.79 Å². The number of benzene rings is 1. The zero-order valence-electron chi connectivity index (χ0n) is 14.9. The highest BCUT2D eigenvalue weighted by Gasteiger charge is 2.13. The maximum absolute atomic E-state index is 12.5. The summed E-state index contributed by atoms with van der Waals surface area (Å²) in [6, 6.07) is 11.6. The van der Waals surface area contributed by atoms with Crippen LogP contribution in [0.4, 0.5) is 0 Å². The number of ketones is 1. The summed E-state index contributed by atoms with van der Waals surface area (Å²) >= 11 is 1.38. The second kappa shape index (κ2) is 9.25. The van der Waals surface area contributed by atoms with Gasteiger partial charge in [0.05, 0.1) is 12.3 Å². The summed E-state index contributed by atoms with van der Waals surface area (Å²) in [4.78, 5) is 21.0. The average Bonchev–Trinajstić information content (AvgIpc) is 3.18. The van der Waals surface area contributed by atoms with E-state index < -0.39 is 0 Å². The molecule has 0 aliphatic rings. The minimum absolute atomic E-state index is 0.0294. The number of ether oxygens (including phenoxy) is 1. The fourth-order valence-electron chi connectivity index (χ4n) is 2.56. The average molecular weight is 366 g/mol. The van der Waals surface area contributed by atoms with Crippen molar-refractivity contribution in [2.45, 2.75) is 32.6 Å². The number of nitrogens with zero attached hydrogens (tertiary/aromatic N) is 2. The van der Waals surface area contributed by atoms with Crippen LogP contribution in [0.3, 0.4) is 0 Å². The van der Waals surface area contributed by atoms with E-state index in [0.717, 1.165) is 35.6 Å². The number of carbonyl (C=O) groups is 1. The van der Waals surface area contributed by atoms with Crippen LogP contribution in [0, 0.1) is 0 Å². The fraction of sp³-hybridized carbons (Fsp3) is 0.286. The molecule has 0 unspecified atom stereocenters. The van der Waals surface area contributed by atoms with Crippen LogP contribution in [0.1, 0.15) is 41.6 Å². The second-order valence-electron chi connectivity index (χ2n) is 6.08. The van der Waals surface area contributed by atoms with Gasteiger partial charge < -0.3 is 4.74 Å². The molecule has 0 aliphatic carbocycles.